The van der Waals surface area contributed by atoms with Gasteiger partial charge in [-0.1, -0.05) is 54.6 Å². The van der Waals surface area contributed by atoms with E-state index in [9.17, 15) is 9.59 Å². The number of aromatic nitrogens is 1. The van der Waals surface area contributed by atoms with Gasteiger partial charge in [0.1, 0.15) is 17.1 Å². The van der Waals surface area contributed by atoms with Gasteiger partial charge in [-0.15, -0.1) is 0 Å². The van der Waals surface area contributed by atoms with Crippen LogP contribution < -0.4 is 10.1 Å². The summed E-state index contributed by atoms with van der Waals surface area (Å²) in [7, 11) is 3.30. The molecule has 0 spiro atoms. The number of amides is 2. The van der Waals surface area contributed by atoms with Gasteiger partial charge in [-0.05, 0) is 23.8 Å². The van der Waals surface area contributed by atoms with Crippen LogP contribution in [0.4, 0.5) is 0 Å². The van der Waals surface area contributed by atoms with Crippen molar-refractivity contribution >= 4 is 11.8 Å². The molecule has 0 saturated carbocycles. The molecule has 1 heterocycles. The number of carbonyl (C=O) groups is 2. The molecule has 148 valence electrons. The van der Waals surface area contributed by atoms with E-state index in [1.165, 1.54) is 0 Å². The van der Waals surface area contributed by atoms with Gasteiger partial charge in [0.15, 0.2) is 0 Å². The largest absolute Gasteiger partial charge is 0.496 e. The van der Waals surface area contributed by atoms with E-state index in [4.69, 9.17) is 4.74 Å². The molecule has 6 heteroatoms. The second kappa shape index (κ2) is 9.50. The van der Waals surface area contributed by atoms with Crippen molar-refractivity contribution in [2.24, 2.45) is 0 Å². The SMILES string of the molecule is COc1ccccc1CNC(=O)c1cccc(C(=O)N(C)Cc2ccccc2)n1. The lowest BCUT2D eigenvalue weighted by atomic mass is 10.2. The van der Waals surface area contributed by atoms with Crippen molar-refractivity contribution in [3.63, 3.8) is 0 Å². The maximum absolute atomic E-state index is 12.7. The average Bonchev–Trinajstić information content (AvgIpc) is 2.77. The highest BCUT2D eigenvalue weighted by molar-refractivity contribution is 5.96. The predicted octanol–water partition coefficient (Wildman–Crippen LogP) is 3.29. The first kappa shape index (κ1) is 20.1. The molecule has 0 atom stereocenters. The minimum atomic E-state index is -0.351. The van der Waals surface area contributed by atoms with E-state index in [1.54, 1.807) is 37.3 Å². The Hall–Kier alpha value is -3.67. The van der Waals surface area contributed by atoms with Crippen LogP contribution in [0.5, 0.6) is 5.75 Å². The minimum absolute atomic E-state index is 0.193. The molecule has 0 saturated heterocycles. The van der Waals surface area contributed by atoms with E-state index in [1.807, 2.05) is 54.6 Å². The number of para-hydroxylation sites is 1. The molecule has 0 aliphatic carbocycles. The number of hydrogen-bond donors (Lipinski definition) is 1. The number of nitrogens with one attached hydrogen (secondary N) is 1. The van der Waals surface area contributed by atoms with Gasteiger partial charge >= 0.3 is 0 Å². The van der Waals surface area contributed by atoms with E-state index in [0.29, 0.717) is 18.8 Å². The Kier molecular flexibility index (Phi) is 6.58. The molecule has 0 radical (unpaired) electrons. The van der Waals surface area contributed by atoms with Gasteiger partial charge in [-0.3, -0.25) is 9.59 Å². The Morgan fingerprint density at radius 2 is 1.62 bits per heavy atom. The Morgan fingerprint density at radius 3 is 2.38 bits per heavy atom. The van der Waals surface area contributed by atoms with Crippen LogP contribution in [-0.4, -0.2) is 35.9 Å². The molecule has 0 unspecified atom stereocenters. The third kappa shape index (κ3) is 5.19. The van der Waals surface area contributed by atoms with Crippen LogP contribution in [0.2, 0.25) is 0 Å². The van der Waals surface area contributed by atoms with E-state index in [-0.39, 0.29) is 23.2 Å². The zero-order valence-electron chi connectivity index (χ0n) is 16.5. The zero-order valence-corrected chi connectivity index (χ0v) is 16.5. The first-order valence-corrected chi connectivity index (χ1v) is 9.25. The summed E-state index contributed by atoms with van der Waals surface area (Å²) in [5.74, 6) is 0.108. The van der Waals surface area contributed by atoms with Crippen molar-refractivity contribution in [1.29, 1.82) is 0 Å². The van der Waals surface area contributed by atoms with E-state index in [2.05, 4.69) is 10.3 Å². The van der Waals surface area contributed by atoms with Crippen molar-refractivity contribution in [1.82, 2.24) is 15.2 Å². The highest BCUT2D eigenvalue weighted by atomic mass is 16.5. The highest BCUT2D eigenvalue weighted by Gasteiger charge is 2.16. The fourth-order valence-electron chi connectivity index (χ4n) is 2.92. The van der Waals surface area contributed by atoms with Crippen LogP contribution >= 0.6 is 0 Å². The third-order valence-electron chi connectivity index (χ3n) is 4.44. The van der Waals surface area contributed by atoms with Crippen molar-refractivity contribution in [3.05, 3.63) is 95.3 Å². The second-order valence-corrected chi connectivity index (χ2v) is 6.55. The summed E-state index contributed by atoms with van der Waals surface area (Å²) in [5, 5.41) is 2.82. The third-order valence-corrected chi connectivity index (χ3v) is 4.44. The van der Waals surface area contributed by atoms with Crippen LogP contribution in [0, 0.1) is 0 Å². The van der Waals surface area contributed by atoms with Crippen molar-refractivity contribution in [2.45, 2.75) is 13.1 Å². The summed E-state index contributed by atoms with van der Waals surface area (Å²) in [4.78, 5) is 31.0. The van der Waals surface area contributed by atoms with E-state index >= 15 is 0 Å². The normalized spacial score (nSPS) is 10.3. The Balaban J connectivity index is 1.66. The maximum Gasteiger partial charge on any atom is 0.272 e. The van der Waals surface area contributed by atoms with Gasteiger partial charge in [-0.2, -0.15) is 0 Å². The second-order valence-electron chi connectivity index (χ2n) is 6.55. The Bertz CT molecular complexity index is 989. The quantitative estimate of drug-likeness (QED) is 0.673. The number of ether oxygens (including phenoxy) is 1. The maximum atomic E-state index is 12.7. The van der Waals surface area contributed by atoms with Crippen molar-refractivity contribution in [2.75, 3.05) is 14.2 Å². The van der Waals surface area contributed by atoms with E-state index in [0.717, 1.165) is 11.1 Å². The number of methoxy groups -OCH3 is 1. The molecule has 0 bridgehead atoms. The average molecular weight is 389 g/mol. The van der Waals surface area contributed by atoms with E-state index < -0.39 is 0 Å². The molecule has 6 nitrogen and oxygen atoms in total. The zero-order chi connectivity index (χ0) is 20.6. The summed E-state index contributed by atoms with van der Waals surface area (Å²) in [6.45, 7) is 0.766. The highest BCUT2D eigenvalue weighted by Crippen LogP contribution is 2.17. The number of rotatable bonds is 7. The van der Waals surface area contributed by atoms with Crippen molar-refractivity contribution in [3.8, 4) is 5.75 Å². The van der Waals surface area contributed by atoms with Gasteiger partial charge < -0.3 is 15.0 Å². The summed E-state index contributed by atoms with van der Waals surface area (Å²) >= 11 is 0. The Labute approximate surface area is 170 Å². The fraction of sp³-hybridized carbons (Fsp3) is 0.174. The molecule has 3 aromatic rings. The van der Waals surface area contributed by atoms with Crippen LogP contribution in [0.25, 0.3) is 0 Å². The molecule has 2 amide bonds. The molecule has 2 aromatic carbocycles. The van der Waals surface area contributed by atoms with Gasteiger partial charge in [0.25, 0.3) is 11.8 Å². The summed E-state index contributed by atoms with van der Waals surface area (Å²) < 4.78 is 5.29. The fourth-order valence-corrected chi connectivity index (χ4v) is 2.92. The molecule has 0 fully saturated rings. The summed E-state index contributed by atoms with van der Waals surface area (Å²) in [5.41, 5.74) is 2.31. The Morgan fingerprint density at radius 1 is 0.931 bits per heavy atom. The molecule has 29 heavy (non-hydrogen) atoms. The van der Waals surface area contributed by atoms with Crippen LogP contribution in [0.15, 0.2) is 72.8 Å². The van der Waals surface area contributed by atoms with Crippen LogP contribution in [-0.2, 0) is 13.1 Å². The van der Waals surface area contributed by atoms with Gasteiger partial charge in [0.2, 0.25) is 0 Å². The molecule has 1 N–H and O–H groups in total. The standard InChI is InChI=1S/C23H23N3O3/c1-26(16-17-9-4-3-5-10-17)23(28)20-13-8-12-19(25-20)22(27)24-15-18-11-6-7-14-21(18)29-2/h3-14H,15-16H2,1-2H3,(H,24,27). The topological polar surface area (TPSA) is 71.5 Å². The summed E-state index contributed by atoms with van der Waals surface area (Å²) in [6.07, 6.45) is 0. The van der Waals surface area contributed by atoms with Gasteiger partial charge in [-0.25, -0.2) is 4.98 Å². The lowest BCUT2D eigenvalue weighted by molar-refractivity contribution is 0.0779. The smallest absolute Gasteiger partial charge is 0.272 e. The predicted molar refractivity (Wildman–Crippen MR) is 111 cm³/mol. The van der Waals surface area contributed by atoms with Crippen LogP contribution in [0.3, 0.4) is 0 Å². The molecule has 3 rings (SSSR count). The monoisotopic (exact) mass is 389 g/mol. The molecule has 0 aliphatic rings. The number of pyridine rings is 1. The summed E-state index contributed by atoms with van der Waals surface area (Å²) in [6, 6.07) is 22.0. The first-order chi connectivity index (χ1) is 14.1. The molecular weight excluding hydrogens is 366 g/mol. The van der Waals surface area contributed by atoms with Crippen LogP contribution in [0.1, 0.15) is 32.1 Å². The molecule has 1 aromatic heterocycles. The number of hydrogen-bond acceptors (Lipinski definition) is 4. The van der Waals surface area contributed by atoms with Gasteiger partial charge in [0.05, 0.1) is 7.11 Å². The number of benzene rings is 2. The lowest BCUT2D eigenvalue weighted by Gasteiger charge is -2.17. The minimum Gasteiger partial charge on any atom is -0.496 e. The first-order valence-electron chi connectivity index (χ1n) is 9.25. The lowest BCUT2D eigenvalue weighted by Crippen LogP contribution is -2.29. The van der Waals surface area contributed by atoms with Gasteiger partial charge in [0, 0.05) is 25.7 Å². The molecular formula is C23H23N3O3. The number of nitrogens with zero attached hydrogens (tertiary/aromatic N) is 2. The molecule has 0 aliphatic heterocycles. The number of carbonyl (C=O) groups excluding carboxylic acids is 2. The van der Waals surface area contributed by atoms with Crippen molar-refractivity contribution < 1.29 is 14.3 Å².